The molecule has 0 radical (unpaired) electrons. The summed E-state index contributed by atoms with van der Waals surface area (Å²) in [4.78, 5) is 7.99. The van der Waals surface area contributed by atoms with Gasteiger partial charge in [0.2, 0.25) is 0 Å². The van der Waals surface area contributed by atoms with Crippen LogP contribution in [0.15, 0.2) is 52.4 Å². The molecule has 0 spiro atoms. The maximum absolute atomic E-state index is 13.4. The van der Waals surface area contributed by atoms with Crippen LogP contribution in [0.4, 0.5) is 10.1 Å². The first kappa shape index (κ1) is 15.5. The van der Waals surface area contributed by atoms with Gasteiger partial charge < -0.3 is 15.2 Å². The number of nitrogens with zero attached hydrogens (tertiary/aromatic N) is 1. The number of halogens is 1. The summed E-state index contributed by atoms with van der Waals surface area (Å²) in [6.45, 7) is 6.22. The van der Waals surface area contributed by atoms with Crippen molar-refractivity contribution < 1.29 is 4.39 Å². The van der Waals surface area contributed by atoms with Crippen LogP contribution < -0.4 is 10.2 Å². The largest absolute Gasteiger partial charge is 0.368 e. The van der Waals surface area contributed by atoms with Crippen LogP contribution in [0.3, 0.4) is 0 Å². The van der Waals surface area contributed by atoms with E-state index in [1.54, 1.807) is 17.8 Å². The molecule has 1 aliphatic heterocycles. The monoisotopic (exact) mass is 341 g/mol. The zero-order valence-corrected chi connectivity index (χ0v) is 14.4. The predicted octanol–water partition coefficient (Wildman–Crippen LogP) is 4.18. The minimum absolute atomic E-state index is 0.210. The second-order valence-corrected chi connectivity index (χ2v) is 7.24. The number of nitrogens with one attached hydrogen (secondary N) is 2. The summed E-state index contributed by atoms with van der Waals surface area (Å²) in [7, 11) is 0. The average Bonchev–Trinajstić information content (AvgIpc) is 2.99. The van der Waals surface area contributed by atoms with Crippen molar-refractivity contribution in [1.82, 2.24) is 10.3 Å². The van der Waals surface area contributed by atoms with Crippen molar-refractivity contribution in [3.8, 4) is 0 Å². The maximum Gasteiger partial charge on any atom is 0.125 e. The zero-order chi connectivity index (χ0) is 16.5. The van der Waals surface area contributed by atoms with Crippen molar-refractivity contribution in [3.05, 3.63) is 54.0 Å². The Morgan fingerprint density at radius 1 is 1.04 bits per heavy atom. The predicted molar refractivity (Wildman–Crippen MR) is 98.6 cm³/mol. The number of hydrogen-bond acceptors (Lipinski definition) is 3. The molecule has 0 unspecified atom stereocenters. The van der Waals surface area contributed by atoms with E-state index in [9.17, 15) is 4.39 Å². The van der Waals surface area contributed by atoms with Gasteiger partial charge in [-0.1, -0.05) is 17.8 Å². The molecule has 3 aromatic rings. The highest BCUT2D eigenvalue weighted by atomic mass is 32.2. The molecule has 1 aromatic heterocycles. The van der Waals surface area contributed by atoms with E-state index in [-0.39, 0.29) is 5.82 Å². The van der Waals surface area contributed by atoms with Gasteiger partial charge in [0.05, 0.1) is 5.69 Å². The maximum atomic E-state index is 13.4. The molecule has 0 atom stereocenters. The van der Waals surface area contributed by atoms with Gasteiger partial charge in [-0.05, 0) is 42.8 Å². The van der Waals surface area contributed by atoms with E-state index in [1.807, 2.05) is 12.3 Å². The van der Waals surface area contributed by atoms with Gasteiger partial charge in [0.1, 0.15) is 5.82 Å². The van der Waals surface area contributed by atoms with E-state index in [2.05, 4.69) is 40.3 Å². The van der Waals surface area contributed by atoms with Crippen molar-refractivity contribution in [3.63, 3.8) is 0 Å². The fourth-order valence-corrected chi connectivity index (χ4v) is 4.21. The topological polar surface area (TPSA) is 31.1 Å². The van der Waals surface area contributed by atoms with Gasteiger partial charge >= 0.3 is 0 Å². The number of H-pyrrole nitrogens is 1. The Morgan fingerprint density at radius 3 is 2.71 bits per heavy atom. The van der Waals surface area contributed by atoms with Gasteiger partial charge in [-0.3, -0.25) is 0 Å². The second kappa shape index (κ2) is 6.49. The minimum Gasteiger partial charge on any atom is -0.368 e. The molecular weight excluding hydrogens is 321 g/mol. The number of piperazine rings is 1. The van der Waals surface area contributed by atoms with Crippen LogP contribution >= 0.6 is 11.8 Å². The van der Waals surface area contributed by atoms with E-state index in [1.165, 1.54) is 22.2 Å². The summed E-state index contributed by atoms with van der Waals surface area (Å²) in [6, 6.07) is 11.5. The highest BCUT2D eigenvalue weighted by molar-refractivity contribution is 7.99. The Bertz CT molecular complexity index is 868. The van der Waals surface area contributed by atoms with E-state index in [0.717, 1.165) is 42.0 Å². The van der Waals surface area contributed by atoms with E-state index >= 15 is 0 Å². The Labute approximate surface area is 145 Å². The number of hydrogen-bond donors (Lipinski definition) is 2. The summed E-state index contributed by atoms with van der Waals surface area (Å²) in [6.07, 6.45) is 1.97. The lowest BCUT2D eigenvalue weighted by molar-refractivity contribution is 0.587. The van der Waals surface area contributed by atoms with Crippen LogP contribution in [0.2, 0.25) is 0 Å². The Hall–Kier alpha value is -1.98. The molecule has 2 heterocycles. The molecule has 0 saturated carbocycles. The van der Waals surface area contributed by atoms with Gasteiger partial charge in [0, 0.05) is 53.1 Å². The van der Waals surface area contributed by atoms with E-state index < -0.39 is 0 Å². The molecule has 2 aromatic carbocycles. The second-order valence-electron chi connectivity index (χ2n) is 6.15. The Balaban J connectivity index is 1.70. The lowest BCUT2D eigenvalue weighted by atomic mass is 10.2. The van der Waals surface area contributed by atoms with Crippen LogP contribution in [0.1, 0.15) is 5.56 Å². The van der Waals surface area contributed by atoms with Gasteiger partial charge in [0.25, 0.3) is 0 Å². The zero-order valence-electron chi connectivity index (χ0n) is 13.6. The molecule has 4 rings (SSSR count). The normalized spacial score (nSPS) is 15.2. The Morgan fingerprint density at radius 2 is 1.88 bits per heavy atom. The standard InChI is InChI=1S/C19H20FN3S/c1-13-2-5-18(17(10-13)23-8-6-21-7-9-23)24-19-12-22-16-11-14(20)3-4-15(16)19/h2-5,10-12,21-22H,6-9H2,1H3. The van der Waals surface area contributed by atoms with Gasteiger partial charge in [-0.15, -0.1) is 0 Å². The molecule has 5 heteroatoms. The summed E-state index contributed by atoms with van der Waals surface area (Å²) < 4.78 is 13.4. The molecule has 0 bridgehead atoms. The average molecular weight is 341 g/mol. The minimum atomic E-state index is -0.210. The number of rotatable bonds is 3. The first-order valence-corrected chi connectivity index (χ1v) is 9.03. The summed E-state index contributed by atoms with van der Waals surface area (Å²) >= 11 is 1.74. The third kappa shape index (κ3) is 3.01. The Kier molecular flexibility index (Phi) is 4.21. The molecule has 0 aliphatic carbocycles. The molecule has 1 fully saturated rings. The quantitative estimate of drug-likeness (QED) is 0.749. The number of anilines is 1. The van der Waals surface area contributed by atoms with E-state index in [0.29, 0.717) is 0 Å². The first-order chi connectivity index (χ1) is 11.7. The van der Waals surface area contributed by atoms with E-state index in [4.69, 9.17) is 0 Å². The SMILES string of the molecule is Cc1ccc(Sc2c[nH]c3cc(F)ccc23)c(N2CCNCC2)c1. The summed E-state index contributed by atoms with van der Waals surface area (Å²) in [5.74, 6) is -0.210. The number of aryl methyl sites for hydroxylation is 1. The molecule has 0 amide bonds. The summed E-state index contributed by atoms with van der Waals surface area (Å²) in [5.41, 5.74) is 3.40. The number of aromatic nitrogens is 1. The van der Waals surface area contributed by atoms with Crippen LogP contribution in [0.5, 0.6) is 0 Å². The summed E-state index contributed by atoms with van der Waals surface area (Å²) in [5, 5.41) is 4.47. The van der Waals surface area contributed by atoms with Crippen molar-refractivity contribution >= 4 is 28.4 Å². The molecule has 2 N–H and O–H groups in total. The third-order valence-electron chi connectivity index (χ3n) is 4.40. The van der Waals surface area contributed by atoms with Crippen LogP contribution in [-0.2, 0) is 0 Å². The molecule has 3 nitrogen and oxygen atoms in total. The van der Waals surface area contributed by atoms with Gasteiger partial charge in [0.15, 0.2) is 0 Å². The van der Waals surface area contributed by atoms with Gasteiger partial charge in [-0.2, -0.15) is 0 Å². The highest BCUT2D eigenvalue weighted by Gasteiger charge is 2.16. The van der Waals surface area contributed by atoms with Crippen LogP contribution in [-0.4, -0.2) is 31.2 Å². The first-order valence-electron chi connectivity index (χ1n) is 8.21. The lowest BCUT2D eigenvalue weighted by Gasteiger charge is -2.31. The molecule has 1 aliphatic rings. The lowest BCUT2D eigenvalue weighted by Crippen LogP contribution is -2.43. The smallest absolute Gasteiger partial charge is 0.125 e. The molecule has 24 heavy (non-hydrogen) atoms. The molecule has 1 saturated heterocycles. The van der Waals surface area contributed by atoms with Gasteiger partial charge in [-0.25, -0.2) is 4.39 Å². The number of aromatic amines is 1. The fraction of sp³-hybridized carbons (Fsp3) is 0.263. The highest BCUT2D eigenvalue weighted by Crippen LogP contribution is 2.39. The molecular formula is C19H20FN3S. The fourth-order valence-electron chi connectivity index (χ4n) is 3.14. The van der Waals surface area contributed by atoms with Crippen molar-refractivity contribution in [2.45, 2.75) is 16.7 Å². The number of fused-ring (bicyclic) bond motifs is 1. The third-order valence-corrected chi connectivity index (χ3v) is 5.52. The van der Waals surface area contributed by atoms with Crippen molar-refractivity contribution in [2.24, 2.45) is 0 Å². The molecule has 124 valence electrons. The van der Waals surface area contributed by atoms with Crippen molar-refractivity contribution in [2.75, 3.05) is 31.1 Å². The number of benzene rings is 2. The van der Waals surface area contributed by atoms with Crippen LogP contribution in [0.25, 0.3) is 10.9 Å². The van der Waals surface area contributed by atoms with Crippen LogP contribution in [0, 0.1) is 12.7 Å². The van der Waals surface area contributed by atoms with Crippen molar-refractivity contribution in [1.29, 1.82) is 0 Å².